The summed E-state index contributed by atoms with van der Waals surface area (Å²) >= 11 is 0. The molecule has 1 N–H and O–H groups in total. The van der Waals surface area contributed by atoms with Crippen LogP contribution in [0.4, 0.5) is 0 Å². The number of carbonyl (C=O) groups excluding carboxylic acids is 1. The largest absolute Gasteiger partial charge is 0.271 e. The molecule has 1 heterocycles. The van der Waals surface area contributed by atoms with Crippen molar-refractivity contribution in [3.05, 3.63) is 53.3 Å². The first-order chi connectivity index (χ1) is 9.56. The van der Waals surface area contributed by atoms with E-state index in [1.54, 1.807) is 10.9 Å². The number of hydrogen-bond donors (Lipinski definition) is 1. The van der Waals surface area contributed by atoms with Gasteiger partial charge in [0.05, 0.1) is 5.71 Å². The highest BCUT2D eigenvalue weighted by atomic mass is 16.2. The minimum absolute atomic E-state index is 0.170. The molecule has 0 aliphatic rings. The van der Waals surface area contributed by atoms with E-state index in [2.05, 4.69) is 15.6 Å². The number of nitrogens with one attached hydrogen (secondary N) is 1. The minimum atomic E-state index is -0.191. The van der Waals surface area contributed by atoms with Gasteiger partial charge in [0.15, 0.2) is 0 Å². The van der Waals surface area contributed by atoms with Crippen LogP contribution in [0, 0.1) is 13.8 Å². The summed E-state index contributed by atoms with van der Waals surface area (Å²) in [6, 6.07) is 9.86. The second-order valence-electron chi connectivity index (χ2n) is 4.73. The van der Waals surface area contributed by atoms with E-state index < -0.39 is 0 Å². The van der Waals surface area contributed by atoms with E-state index in [0.717, 1.165) is 17.0 Å². The zero-order valence-electron chi connectivity index (χ0n) is 11.9. The van der Waals surface area contributed by atoms with Crippen molar-refractivity contribution in [1.82, 2.24) is 15.2 Å². The molecule has 0 aliphatic heterocycles. The maximum Gasteiger partial charge on any atom is 0.261 e. The third kappa shape index (κ3) is 3.54. The quantitative estimate of drug-likeness (QED) is 0.682. The molecular weight excluding hydrogens is 252 g/mol. The highest BCUT2D eigenvalue weighted by Crippen LogP contribution is 2.04. The van der Waals surface area contributed by atoms with Crippen molar-refractivity contribution >= 4 is 11.6 Å². The summed E-state index contributed by atoms with van der Waals surface area (Å²) in [7, 11) is 0. The molecule has 104 valence electrons. The summed E-state index contributed by atoms with van der Waals surface area (Å²) in [5, 5.41) is 8.17. The van der Waals surface area contributed by atoms with Gasteiger partial charge >= 0.3 is 0 Å². The molecular formula is C15H18N4O. The molecule has 0 saturated heterocycles. The lowest BCUT2D eigenvalue weighted by atomic mass is 10.1. The predicted molar refractivity (Wildman–Crippen MR) is 78.5 cm³/mol. The topological polar surface area (TPSA) is 59.3 Å². The molecule has 1 aromatic heterocycles. The molecule has 1 amide bonds. The third-order valence-electron chi connectivity index (χ3n) is 3.04. The molecule has 0 aliphatic carbocycles. The Labute approximate surface area is 118 Å². The fourth-order valence-electron chi connectivity index (χ4n) is 1.74. The van der Waals surface area contributed by atoms with Crippen molar-refractivity contribution in [2.24, 2.45) is 5.10 Å². The van der Waals surface area contributed by atoms with Crippen LogP contribution in [-0.2, 0) is 11.3 Å². The van der Waals surface area contributed by atoms with E-state index in [0.29, 0.717) is 0 Å². The normalized spacial score (nSPS) is 11.4. The van der Waals surface area contributed by atoms with Gasteiger partial charge in [-0.1, -0.05) is 29.8 Å². The Morgan fingerprint density at radius 2 is 1.95 bits per heavy atom. The van der Waals surface area contributed by atoms with E-state index in [1.165, 1.54) is 5.56 Å². The molecule has 0 bridgehead atoms. The van der Waals surface area contributed by atoms with Crippen molar-refractivity contribution in [3.63, 3.8) is 0 Å². The monoisotopic (exact) mass is 270 g/mol. The number of aromatic nitrogens is 2. The molecule has 2 rings (SSSR count). The highest BCUT2D eigenvalue weighted by molar-refractivity contribution is 5.99. The molecule has 0 fully saturated rings. The van der Waals surface area contributed by atoms with Gasteiger partial charge in [0, 0.05) is 11.9 Å². The van der Waals surface area contributed by atoms with Crippen LogP contribution in [0.1, 0.15) is 23.7 Å². The SMILES string of the molecule is CC(=NNC(=O)Cn1nccc1C)c1ccc(C)cc1. The number of benzene rings is 1. The van der Waals surface area contributed by atoms with Crippen molar-refractivity contribution in [1.29, 1.82) is 0 Å². The van der Waals surface area contributed by atoms with Crippen molar-refractivity contribution in [2.75, 3.05) is 0 Å². The van der Waals surface area contributed by atoms with E-state index >= 15 is 0 Å². The Bertz CT molecular complexity index is 626. The second-order valence-corrected chi connectivity index (χ2v) is 4.73. The van der Waals surface area contributed by atoms with Gasteiger partial charge in [0.2, 0.25) is 0 Å². The average molecular weight is 270 g/mol. The third-order valence-corrected chi connectivity index (χ3v) is 3.04. The van der Waals surface area contributed by atoms with E-state index in [9.17, 15) is 4.79 Å². The number of hydrogen-bond acceptors (Lipinski definition) is 3. The van der Waals surface area contributed by atoms with Crippen LogP contribution in [0.25, 0.3) is 0 Å². The van der Waals surface area contributed by atoms with Crippen molar-refractivity contribution < 1.29 is 4.79 Å². The van der Waals surface area contributed by atoms with E-state index in [1.807, 2.05) is 51.1 Å². The van der Waals surface area contributed by atoms with Gasteiger partial charge in [0.1, 0.15) is 6.54 Å². The maximum absolute atomic E-state index is 11.8. The molecule has 5 heteroatoms. The zero-order valence-corrected chi connectivity index (χ0v) is 11.9. The number of carbonyl (C=O) groups is 1. The standard InChI is InChI=1S/C15H18N4O/c1-11-4-6-14(7-5-11)13(3)17-18-15(20)10-19-12(2)8-9-16-19/h4-9H,10H2,1-3H3,(H,18,20). The number of nitrogens with zero attached hydrogens (tertiary/aromatic N) is 3. The van der Waals surface area contributed by atoms with Gasteiger partial charge in [-0.05, 0) is 32.4 Å². The van der Waals surface area contributed by atoms with Gasteiger partial charge in [-0.3, -0.25) is 9.48 Å². The molecule has 1 aromatic carbocycles. The lowest BCUT2D eigenvalue weighted by Crippen LogP contribution is -2.25. The summed E-state index contributed by atoms with van der Waals surface area (Å²) in [4.78, 5) is 11.8. The Hall–Kier alpha value is -2.43. The lowest BCUT2D eigenvalue weighted by molar-refractivity contribution is -0.121. The van der Waals surface area contributed by atoms with Crippen molar-refractivity contribution in [3.8, 4) is 0 Å². The van der Waals surface area contributed by atoms with Crippen LogP contribution in [-0.4, -0.2) is 21.4 Å². The highest BCUT2D eigenvalue weighted by Gasteiger charge is 2.04. The molecule has 20 heavy (non-hydrogen) atoms. The Balaban J connectivity index is 1.96. The number of rotatable bonds is 4. The van der Waals surface area contributed by atoms with Crippen LogP contribution in [0.3, 0.4) is 0 Å². The molecule has 0 spiro atoms. The van der Waals surface area contributed by atoms with E-state index in [4.69, 9.17) is 0 Å². The number of amides is 1. The fourth-order valence-corrected chi connectivity index (χ4v) is 1.74. The Morgan fingerprint density at radius 1 is 1.25 bits per heavy atom. The van der Waals surface area contributed by atoms with Gasteiger partial charge in [-0.15, -0.1) is 0 Å². The molecule has 0 saturated carbocycles. The first-order valence-corrected chi connectivity index (χ1v) is 6.45. The molecule has 0 radical (unpaired) electrons. The van der Waals surface area contributed by atoms with Gasteiger partial charge in [0.25, 0.3) is 5.91 Å². The average Bonchev–Trinajstić information content (AvgIpc) is 2.82. The Morgan fingerprint density at radius 3 is 2.55 bits per heavy atom. The van der Waals surface area contributed by atoms with E-state index in [-0.39, 0.29) is 12.5 Å². The fraction of sp³-hybridized carbons (Fsp3) is 0.267. The van der Waals surface area contributed by atoms with Crippen LogP contribution < -0.4 is 5.43 Å². The number of hydrazone groups is 1. The first-order valence-electron chi connectivity index (χ1n) is 6.45. The lowest BCUT2D eigenvalue weighted by Gasteiger charge is -2.05. The first kappa shape index (κ1) is 14.0. The van der Waals surface area contributed by atoms with Gasteiger partial charge < -0.3 is 0 Å². The summed E-state index contributed by atoms with van der Waals surface area (Å²) in [5.74, 6) is -0.191. The van der Waals surface area contributed by atoms with Gasteiger partial charge in [-0.25, -0.2) is 5.43 Å². The summed E-state index contributed by atoms with van der Waals surface area (Å²) in [6.45, 7) is 5.97. The minimum Gasteiger partial charge on any atom is -0.271 e. The second kappa shape index (κ2) is 6.14. The summed E-state index contributed by atoms with van der Waals surface area (Å²) < 4.78 is 1.63. The van der Waals surface area contributed by atoms with Crippen LogP contribution >= 0.6 is 0 Å². The maximum atomic E-state index is 11.8. The van der Waals surface area contributed by atoms with Crippen LogP contribution in [0.2, 0.25) is 0 Å². The molecule has 2 aromatic rings. The number of aryl methyl sites for hydroxylation is 2. The summed E-state index contributed by atoms with van der Waals surface area (Å²) in [6.07, 6.45) is 1.67. The summed E-state index contributed by atoms with van der Waals surface area (Å²) in [5.41, 5.74) is 6.45. The van der Waals surface area contributed by atoms with Crippen LogP contribution in [0.5, 0.6) is 0 Å². The van der Waals surface area contributed by atoms with Crippen LogP contribution in [0.15, 0.2) is 41.6 Å². The van der Waals surface area contributed by atoms with Gasteiger partial charge in [-0.2, -0.15) is 10.2 Å². The van der Waals surface area contributed by atoms with Crippen molar-refractivity contribution in [2.45, 2.75) is 27.3 Å². The molecule has 5 nitrogen and oxygen atoms in total. The predicted octanol–water partition coefficient (Wildman–Crippen LogP) is 2.04. The molecule has 0 atom stereocenters. The smallest absolute Gasteiger partial charge is 0.261 e. The zero-order chi connectivity index (χ0) is 14.5. The Kier molecular flexibility index (Phi) is 4.30. The molecule has 0 unspecified atom stereocenters.